The summed E-state index contributed by atoms with van der Waals surface area (Å²) in [6.45, 7) is 9.26. The summed E-state index contributed by atoms with van der Waals surface area (Å²) in [4.78, 5) is 29.8. The number of likely N-dealkylation sites (tertiary alicyclic amines) is 1. The molecule has 1 saturated heterocycles. The lowest BCUT2D eigenvalue weighted by Crippen LogP contribution is -2.33. The summed E-state index contributed by atoms with van der Waals surface area (Å²) in [7, 11) is 0. The third kappa shape index (κ3) is 4.05. The number of Topliss-reactive ketones (excluding diaryl/α,β-unsaturated/α-hetero) is 1. The van der Waals surface area contributed by atoms with Crippen molar-refractivity contribution < 1.29 is 23.8 Å². The summed E-state index contributed by atoms with van der Waals surface area (Å²) in [5, 5.41) is 11.2. The van der Waals surface area contributed by atoms with E-state index in [-0.39, 0.29) is 17.4 Å². The van der Waals surface area contributed by atoms with Gasteiger partial charge in [0.1, 0.15) is 29.4 Å². The van der Waals surface area contributed by atoms with Crippen LogP contribution >= 0.6 is 0 Å². The molecule has 0 spiro atoms. The average molecular weight is 439 g/mol. The van der Waals surface area contributed by atoms with Gasteiger partial charge in [0, 0.05) is 18.5 Å². The van der Waals surface area contributed by atoms with E-state index in [0.29, 0.717) is 17.9 Å². The second-order valence-corrected chi connectivity index (χ2v) is 8.34. The van der Waals surface area contributed by atoms with Crippen LogP contribution in [0, 0.1) is 0 Å². The van der Waals surface area contributed by atoms with Gasteiger partial charge in [-0.2, -0.15) is 0 Å². The van der Waals surface area contributed by atoms with Crippen LogP contribution in [-0.2, 0) is 16.0 Å². The molecule has 2 aliphatic rings. The van der Waals surface area contributed by atoms with Crippen molar-refractivity contribution in [3.05, 3.63) is 59.1 Å². The van der Waals surface area contributed by atoms with Crippen LogP contribution in [0.15, 0.2) is 46.6 Å². The molecule has 1 N–H and O–H groups in total. The molecule has 1 fully saturated rings. The first-order valence-electron chi connectivity index (χ1n) is 11.3. The Morgan fingerprint density at radius 2 is 2.00 bits per heavy atom. The molecule has 7 heteroatoms. The highest BCUT2D eigenvalue weighted by molar-refractivity contribution is 6.46. The number of rotatable bonds is 8. The topological polar surface area (TPSA) is 83.2 Å². The largest absolute Gasteiger partial charge is 0.507 e. The smallest absolute Gasteiger partial charge is 0.295 e. The van der Waals surface area contributed by atoms with E-state index >= 15 is 0 Å². The second kappa shape index (κ2) is 9.20. The summed E-state index contributed by atoms with van der Waals surface area (Å²) in [5.74, 6) is -0.221. The number of amides is 1. The lowest BCUT2D eigenvalue weighted by Gasteiger charge is -2.25. The third-order valence-corrected chi connectivity index (χ3v) is 6.29. The van der Waals surface area contributed by atoms with Crippen molar-refractivity contribution >= 4 is 17.4 Å². The average Bonchev–Trinajstić information content (AvgIpc) is 3.49. The molecule has 2 aliphatic heterocycles. The first-order valence-corrected chi connectivity index (χ1v) is 11.3. The highest BCUT2D eigenvalue weighted by Crippen LogP contribution is 2.40. The number of fused-ring (bicyclic) bond motifs is 1. The number of aliphatic hydroxyl groups excluding tert-OH is 1. The number of furan rings is 1. The molecule has 3 heterocycles. The van der Waals surface area contributed by atoms with Crippen molar-refractivity contribution in [2.75, 3.05) is 26.2 Å². The summed E-state index contributed by atoms with van der Waals surface area (Å²) in [6, 6.07) is 8.07. The van der Waals surface area contributed by atoms with Gasteiger partial charge in [-0.1, -0.05) is 13.8 Å². The summed E-state index contributed by atoms with van der Waals surface area (Å²) >= 11 is 0. The van der Waals surface area contributed by atoms with E-state index in [1.807, 2.05) is 13.0 Å². The first-order chi connectivity index (χ1) is 15.4. The summed E-state index contributed by atoms with van der Waals surface area (Å²) in [6.07, 6.45) is 3.04. The van der Waals surface area contributed by atoms with E-state index in [9.17, 15) is 14.7 Å². The minimum absolute atomic E-state index is 0.0692. The molecular weight excluding hydrogens is 408 g/mol. The number of hydrogen-bond acceptors (Lipinski definition) is 6. The van der Waals surface area contributed by atoms with Crippen LogP contribution in [0.5, 0.6) is 5.75 Å². The number of carbonyl (C=O) groups is 2. The van der Waals surface area contributed by atoms with Gasteiger partial charge >= 0.3 is 0 Å². The van der Waals surface area contributed by atoms with Gasteiger partial charge in [-0.3, -0.25) is 9.59 Å². The fourth-order valence-corrected chi connectivity index (χ4v) is 4.58. The Labute approximate surface area is 188 Å². The Morgan fingerprint density at radius 1 is 1.22 bits per heavy atom. The Morgan fingerprint density at radius 3 is 2.69 bits per heavy atom. The maximum Gasteiger partial charge on any atom is 0.295 e. The molecule has 2 unspecified atom stereocenters. The fourth-order valence-electron chi connectivity index (χ4n) is 4.58. The van der Waals surface area contributed by atoms with Crippen LogP contribution in [0.1, 0.15) is 50.1 Å². The SMILES string of the molecule is CCN(CC)CCCN1C(=O)C(=O)/C(=C(/O)c2ccc3c(c2)CC(C)O3)C1c1ccco1. The van der Waals surface area contributed by atoms with Crippen LogP contribution in [-0.4, -0.2) is 58.9 Å². The molecule has 1 aromatic heterocycles. The van der Waals surface area contributed by atoms with Crippen LogP contribution < -0.4 is 4.74 Å². The van der Waals surface area contributed by atoms with Crippen LogP contribution in [0.2, 0.25) is 0 Å². The van der Waals surface area contributed by atoms with Crippen molar-refractivity contribution in [2.24, 2.45) is 0 Å². The molecular formula is C25H30N2O5. The number of nitrogens with zero attached hydrogens (tertiary/aromatic N) is 2. The molecule has 7 nitrogen and oxygen atoms in total. The Bertz CT molecular complexity index is 1020. The minimum atomic E-state index is -0.745. The van der Waals surface area contributed by atoms with E-state index in [4.69, 9.17) is 9.15 Å². The number of carbonyl (C=O) groups excluding carboxylic acids is 2. The summed E-state index contributed by atoms with van der Waals surface area (Å²) < 4.78 is 11.3. The molecule has 32 heavy (non-hydrogen) atoms. The predicted octanol–water partition coefficient (Wildman–Crippen LogP) is 3.76. The Kier molecular flexibility index (Phi) is 6.37. The maximum absolute atomic E-state index is 13.0. The van der Waals surface area contributed by atoms with Gasteiger partial charge in [0.2, 0.25) is 0 Å². The number of aliphatic hydroxyl groups is 1. The van der Waals surface area contributed by atoms with Crippen molar-refractivity contribution in [1.82, 2.24) is 9.80 Å². The zero-order valence-corrected chi connectivity index (χ0v) is 18.8. The standard InChI is InChI=1S/C25H30N2O5/c1-4-26(5-2)11-7-12-27-22(20-8-6-13-31-20)21(24(29)25(27)30)23(28)17-9-10-19-18(15-17)14-16(3)32-19/h6,8-10,13,15-16,22,28H,4-5,7,11-12,14H2,1-3H3/b23-21+. The van der Waals surface area contributed by atoms with Gasteiger partial charge in [-0.25, -0.2) is 0 Å². The lowest BCUT2D eigenvalue weighted by molar-refractivity contribution is -0.140. The number of ketones is 1. The van der Waals surface area contributed by atoms with Gasteiger partial charge < -0.3 is 24.1 Å². The molecule has 1 aromatic carbocycles. The molecule has 0 radical (unpaired) electrons. The Balaban J connectivity index is 1.68. The van der Waals surface area contributed by atoms with E-state index in [1.165, 1.54) is 11.2 Å². The monoisotopic (exact) mass is 438 g/mol. The van der Waals surface area contributed by atoms with E-state index in [2.05, 4.69) is 18.7 Å². The normalized spacial score (nSPS) is 21.9. The zero-order chi connectivity index (χ0) is 22.8. The van der Waals surface area contributed by atoms with Crippen LogP contribution in [0.25, 0.3) is 5.76 Å². The van der Waals surface area contributed by atoms with E-state index < -0.39 is 17.7 Å². The zero-order valence-electron chi connectivity index (χ0n) is 18.8. The van der Waals surface area contributed by atoms with Crippen LogP contribution in [0.4, 0.5) is 0 Å². The van der Waals surface area contributed by atoms with Crippen molar-refractivity contribution in [1.29, 1.82) is 0 Å². The van der Waals surface area contributed by atoms with Crippen LogP contribution in [0.3, 0.4) is 0 Å². The fraction of sp³-hybridized carbons (Fsp3) is 0.440. The molecule has 170 valence electrons. The van der Waals surface area contributed by atoms with E-state index in [0.717, 1.165) is 43.8 Å². The van der Waals surface area contributed by atoms with Gasteiger partial charge in [0.25, 0.3) is 11.7 Å². The molecule has 4 rings (SSSR count). The molecule has 1 amide bonds. The molecule has 0 bridgehead atoms. The van der Waals surface area contributed by atoms with Crippen molar-refractivity contribution in [2.45, 2.75) is 45.8 Å². The lowest BCUT2D eigenvalue weighted by atomic mass is 9.97. The highest BCUT2D eigenvalue weighted by Gasteiger charge is 2.47. The molecule has 0 saturated carbocycles. The van der Waals surface area contributed by atoms with Gasteiger partial charge in [0.05, 0.1) is 11.8 Å². The predicted molar refractivity (Wildman–Crippen MR) is 120 cm³/mol. The quantitative estimate of drug-likeness (QED) is 0.384. The molecule has 2 atom stereocenters. The van der Waals surface area contributed by atoms with Crippen molar-refractivity contribution in [3.63, 3.8) is 0 Å². The third-order valence-electron chi connectivity index (χ3n) is 6.29. The first kappa shape index (κ1) is 22.1. The van der Waals surface area contributed by atoms with E-state index in [1.54, 1.807) is 24.3 Å². The van der Waals surface area contributed by atoms with Gasteiger partial charge in [-0.15, -0.1) is 0 Å². The van der Waals surface area contributed by atoms with Gasteiger partial charge in [-0.05, 0) is 68.9 Å². The highest BCUT2D eigenvalue weighted by atomic mass is 16.5. The number of ether oxygens (including phenoxy) is 1. The Hall–Kier alpha value is -3.06. The number of hydrogen-bond donors (Lipinski definition) is 1. The maximum atomic E-state index is 13.0. The summed E-state index contributed by atoms with van der Waals surface area (Å²) in [5.41, 5.74) is 1.54. The van der Waals surface area contributed by atoms with Gasteiger partial charge in [0.15, 0.2) is 0 Å². The van der Waals surface area contributed by atoms with Crippen molar-refractivity contribution in [3.8, 4) is 5.75 Å². The number of benzene rings is 1. The molecule has 2 aromatic rings. The minimum Gasteiger partial charge on any atom is -0.507 e. The second-order valence-electron chi connectivity index (χ2n) is 8.34. The molecule has 0 aliphatic carbocycles.